The first kappa shape index (κ1) is 11.9. The predicted octanol–water partition coefficient (Wildman–Crippen LogP) is 2.62. The molecule has 0 aliphatic heterocycles. The molecule has 0 unspecified atom stereocenters. The summed E-state index contributed by atoms with van der Waals surface area (Å²) in [5, 5.41) is 3.51. The third kappa shape index (κ3) is 3.73. The maximum absolute atomic E-state index is 4.50. The molecule has 0 saturated heterocycles. The molecule has 11 heavy (non-hydrogen) atoms. The minimum absolute atomic E-state index is 0. The maximum atomic E-state index is 4.50. The molecule has 0 aromatic carbocycles. The van der Waals surface area contributed by atoms with E-state index in [9.17, 15) is 0 Å². The van der Waals surface area contributed by atoms with Crippen LogP contribution in [0.1, 0.15) is 39.2 Å². The molecular formula is C8H14NORf-. The standard InChI is InChI=1S/C6H8NO.C2H6.Rf/c1-5(2)6-3-7-8-4-6;1-2;/h3,5H,1-2H3;1-2H3;/q-1;;. The monoisotopic (exact) mass is 407 g/mol. The summed E-state index contributed by atoms with van der Waals surface area (Å²) >= 11 is 0. The molecule has 0 bridgehead atoms. The number of rotatable bonds is 1. The van der Waals surface area contributed by atoms with Gasteiger partial charge in [-0.2, -0.15) is 5.56 Å². The summed E-state index contributed by atoms with van der Waals surface area (Å²) in [5.74, 6) is 0.473. The smallest absolute Gasteiger partial charge is 0 e. The molecule has 0 aliphatic carbocycles. The first-order valence-electron chi connectivity index (χ1n) is 3.63. The van der Waals surface area contributed by atoms with Gasteiger partial charge in [-0.15, -0.1) is 0 Å². The van der Waals surface area contributed by atoms with Crippen LogP contribution in [0.2, 0.25) is 0 Å². The number of aromatic nitrogens is 1. The average Bonchev–Trinajstić information content (AvgIpc) is 2.42. The quantitative estimate of drug-likeness (QED) is 0.670. The van der Waals surface area contributed by atoms with Crippen molar-refractivity contribution < 1.29 is 4.52 Å². The summed E-state index contributed by atoms with van der Waals surface area (Å²) in [7, 11) is 0. The molecule has 0 aliphatic rings. The van der Waals surface area contributed by atoms with Crippen molar-refractivity contribution in [2.24, 2.45) is 0 Å². The van der Waals surface area contributed by atoms with Crippen LogP contribution in [-0.4, -0.2) is 5.16 Å². The van der Waals surface area contributed by atoms with Crippen LogP contribution in [0.25, 0.3) is 0 Å². The zero-order valence-corrected chi connectivity index (χ0v) is 14.1. The van der Waals surface area contributed by atoms with Crippen LogP contribution in [0.5, 0.6) is 0 Å². The van der Waals surface area contributed by atoms with Crippen molar-refractivity contribution in [3.05, 3.63) is 18.0 Å². The first-order valence-corrected chi connectivity index (χ1v) is 3.63. The minimum Gasteiger partial charge on any atom is -0.480 e. The van der Waals surface area contributed by atoms with Crippen molar-refractivity contribution in [2.45, 2.75) is 33.6 Å². The molecule has 0 atom stereocenters. The van der Waals surface area contributed by atoms with Gasteiger partial charge in [-0.3, -0.25) is 0 Å². The van der Waals surface area contributed by atoms with Gasteiger partial charge in [0.05, 0.1) is 0 Å². The van der Waals surface area contributed by atoms with E-state index in [-0.39, 0.29) is 0 Å². The second-order valence-corrected chi connectivity index (χ2v) is 2.04. The van der Waals surface area contributed by atoms with Crippen LogP contribution in [0.3, 0.4) is 0 Å². The third-order valence-corrected chi connectivity index (χ3v) is 1.03. The Bertz CT molecular complexity index is 149. The van der Waals surface area contributed by atoms with Gasteiger partial charge in [0.1, 0.15) is 0 Å². The van der Waals surface area contributed by atoms with Crippen molar-refractivity contribution in [1.82, 2.24) is 5.16 Å². The van der Waals surface area contributed by atoms with E-state index in [1.807, 2.05) is 13.8 Å². The van der Waals surface area contributed by atoms with Crippen LogP contribution in [0.15, 0.2) is 10.7 Å². The molecule has 0 spiro atoms. The van der Waals surface area contributed by atoms with Crippen LogP contribution in [0.4, 0.5) is 0 Å². The molecule has 1 rings (SSSR count). The fraction of sp³-hybridized carbons (Fsp3) is 0.625. The van der Waals surface area contributed by atoms with Crippen LogP contribution in [-0.2, 0) is 0 Å². The van der Waals surface area contributed by atoms with E-state index in [0.29, 0.717) is 5.92 Å². The van der Waals surface area contributed by atoms with Gasteiger partial charge in [0.2, 0.25) is 0 Å². The largest absolute Gasteiger partial charge is 0.480 e. The molecule has 3 heteroatoms. The third-order valence-electron chi connectivity index (χ3n) is 1.03. The Hall–Kier alpha value is -1.79. The topological polar surface area (TPSA) is 26.0 Å². The fourth-order valence-corrected chi connectivity index (χ4v) is 0.455. The molecular weight excluding hydrogens is 393 g/mol. The van der Waals surface area contributed by atoms with Crippen molar-refractivity contribution in [1.29, 1.82) is 0 Å². The summed E-state index contributed by atoms with van der Waals surface area (Å²) in [5.41, 5.74) is 1.03. The Morgan fingerprint density at radius 2 is 2.00 bits per heavy atom. The molecule has 2 nitrogen and oxygen atoms in total. The molecule has 0 amide bonds. The summed E-state index contributed by atoms with van der Waals surface area (Å²) in [6, 6.07) is 0. The molecule has 1 aromatic rings. The molecule has 60 valence electrons. The summed E-state index contributed by atoms with van der Waals surface area (Å²) in [6.45, 7) is 8.14. The van der Waals surface area contributed by atoms with E-state index >= 15 is 0 Å². The van der Waals surface area contributed by atoms with Gasteiger partial charge in [-0.05, 0) is 6.26 Å². The van der Waals surface area contributed by atoms with Crippen molar-refractivity contribution in [2.75, 3.05) is 0 Å². The van der Waals surface area contributed by atoms with E-state index in [0.717, 1.165) is 5.56 Å². The Kier molecular flexibility index (Phi) is 6.87. The maximum Gasteiger partial charge on any atom is 0 e. The first-order chi connectivity index (χ1) is 4.80. The summed E-state index contributed by atoms with van der Waals surface area (Å²) in [4.78, 5) is 0. The number of nitrogens with zero attached hydrogens (tertiary/aromatic N) is 1. The van der Waals surface area contributed by atoms with Gasteiger partial charge in [0, 0.05) is 0 Å². The molecule has 1 aromatic heterocycles. The Labute approximate surface area is 62.2 Å². The molecule has 0 N–H and O–H groups in total. The number of hydrogen-bond donors (Lipinski definition) is 0. The van der Waals surface area contributed by atoms with Gasteiger partial charge in [-0.1, -0.05) is 39.8 Å². The van der Waals surface area contributed by atoms with Crippen LogP contribution < -0.4 is 0 Å². The normalized spacial score (nSPS) is 8.09. The van der Waals surface area contributed by atoms with Crippen molar-refractivity contribution >= 4 is 0 Å². The average molecular weight is 407 g/mol. The van der Waals surface area contributed by atoms with E-state index in [1.165, 1.54) is 0 Å². The molecule has 0 saturated carbocycles. The van der Waals surface area contributed by atoms with Crippen LogP contribution in [0, 0.1) is 6.26 Å². The van der Waals surface area contributed by atoms with Gasteiger partial charge in [0.15, 0.2) is 0 Å². The molecule has 0 fully saturated rings. The SMILES string of the molecule is CC.CC(C)c1[c-]onc1.[Rf]. The van der Waals surface area contributed by atoms with E-state index < -0.39 is 0 Å². The van der Waals surface area contributed by atoms with Crippen molar-refractivity contribution in [3.63, 3.8) is 0 Å². The zero-order valence-electron chi connectivity index (χ0n) is 7.72. The predicted molar refractivity (Wildman–Crippen MR) is 40.8 cm³/mol. The summed E-state index contributed by atoms with van der Waals surface area (Å²) in [6.07, 6.45) is 4.34. The van der Waals surface area contributed by atoms with E-state index in [4.69, 9.17) is 0 Å². The second-order valence-electron chi connectivity index (χ2n) is 2.04. The minimum atomic E-state index is 0. The Balaban J connectivity index is 0. The zero-order chi connectivity index (χ0) is 7.98. The molecule has 0 radical (unpaired) electrons. The van der Waals surface area contributed by atoms with E-state index in [1.54, 1.807) is 6.20 Å². The van der Waals surface area contributed by atoms with Crippen LogP contribution >= 0.6 is 0 Å². The Morgan fingerprint density at radius 3 is 2.18 bits per heavy atom. The van der Waals surface area contributed by atoms with Gasteiger partial charge in [-0.25, -0.2) is 5.16 Å². The van der Waals surface area contributed by atoms with Gasteiger partial charge < -0.3 is 4.52 Å². The Morgan fingerprint density at radius 1 is 1.45 bits per heavy atom. The molecule has 1 heterocycles. The summed E-state index contributed by atoms with van der Waals surface area (Å²) < 4.78 is 4.50. The van der Waals surface area contributed by atoms with E-state index in [2.05, 4.69) is 29.8 Å². The van der Waals surface area contributed by atoms with Gasteiger partial charge in [0.25, 0.3) is 0 Å². The number of hydrogen-bond acceptors (Lipinski definition) is 2. The fourth-order valence-electron chi connectivity index (χ4n) is 0.455. The van der Waals surface area contributed by atoms with Gasteiger partial charge >= 0.3 is 0 Å². The van der Waals surface area contributed by atoms with Crippen molar-refractivity contribution in [3.8, 4) is 0 Å². The second kappa shape index (κ2) is 6.33.